The maximum absolute atomic E-state index is 9.42. The van der Waals surface area contributed by atoms with Gasteiger partial charge in [-0.1, -0.05) is 0 Å². The fraction of sp³-hybridized carbons (Fsp3) is 0.400. The number of fused-ring (bicyclic) bond motifs is 1. The first-order valence-electron chi connectivity index (χ1n) is 4.31. The van der Waals surface area contributed by atoms with Crippen molar-refractivity contribution in [3.8, 4) is 5.75 Å². The summed E-state index contributed by atoms with van der Waals surface area (Å²) in [6, 6.07) is 3.92. The highest BCUT2D eigenvalue weighted by Gasteiger charge is 2.17. The summed E-state index contributed by atoms with van der Waals surface area (Å²) in [7, 11) is 0. The van der Waals surface area contributed by atoms with Gasteiger partial charge in [0.25, 0.3) is 0 Å². The molecule has 1 aromatic rings. The first kappa shape index (κ1) is 9.03. The Morgan fingerprint density at radius 3 is 3.00 bits per heavy atom. The minimum Gasteiger partial charge on any atom is -0.492 e. The average Bonchev–Trinajstić information content (AvgIpc) is 2.51. The van der Waals surface area contributed by atoms with Crippen molar-refractivity contribution in [3.63, 3.8) is 0 Å². The molecule has 0 radical (unpaired) electrons. The average molecular weight is 243 g/mol. The first-order valence-corrected chi connectivity index (χ1v) is 5.11. The zero-order valence-electron chi connectivity index (χ0n) is 7.38. The van der Waals surface area contributed by atoms with E-state index in [1.165, 1.54) is 5.56 Å². The predicted molar refractivity (Wildman–Crippen MR) is 54.0 cm³/mol. The van der Waals surface area contributed by atoms with Crippen LogP contribution in [0.25, 0.3) is 0 Å². The van der Waals surface area contributed by atoms with Crippen LogP contribution >= 0.6 is 15.9 Å². The highest BCUT2D eigenvalue weighted by molar-refractivity contribution is 9.10. The van der Waals surface area contributed by atoms with Gasteiger partial charge in [0.05, 0.1) is 17.2 Å². The van der Waals surface area contributed by atoms with E-state index in [2.05, 4.69) is 15.9 Å². The van der Waals surface area contributed by atoms with Crippen LogP contribution in [0.5, 0.6) is 5.75 Å². The Morgan fingerprint density at radius 1 is 1.54 bits per heavy atom. The third-order valence-corrected chi connectivity index (χ3v) is 2.83. The maximum Gasteiger partial charge on any atom is 0.136 e. The van der Waals surface area contributed by atoms with Crippen molar-refractivity contribution < 1.29 is 9.84 Å². The van der Waals surface area contributed by atoms with E-state index in [9.17, 15) is 5.11 Å². The van der Waals surface area contributed by atoms with E-state index < -0.39 is 6.10 Å². The lowest BCUT2D eigenvalue weighted by Crippen LogP contribution is -1.92. The Morgan fingerprint density at radius 2 is 2.31 bits per heavy atom. The summed E-state index contributed by atoms with van der Waals surface area (Å²) in [5, 5.41) is 9.42. The molecule has 1 N–H and O–H groups in total. The Labute approximate surface area is 85.7 Å². The zero-order valence-corrected chi connectivity index (χ0v) is 8.97. The lowest BCUT2D eigenvalue weighted by Gasteiger charge is -2.08. The summed E-state index contributed by atoms with van der Waals surface area (Å²) >= 11 is 3.43. The van der Waals surface area contributed by atoms with Crippen LogP contribution in [0.15, 0.2) is 16.6 Å². The number of rotatable bonds is 1. The van der Waals surface area contributed by atoms with Gasteiger partial charge >= 0.3 is 0 Å². The maximum atomic E-state index is 9.42. The fourth-order valence-corrected chi connectivity index (χ4v) is 2.16. The molecule has 1 atom stereocenters. The molecule has 1 heterocycles. The highest BCUT2D eigenvalue weighted by Crippen LogP contribution is 2.36. The second-order valence-electron chi connectivity index (χ2n) is 3.27. The van der Waals surface area contributed by atoms with Gasteiger partial charge in [-0.15, -0.1) is 0 Å². The third-order valence-electron chi connectivity index (χ3n) is 2.24. The van der Waals surface area contributed by atoms with E-state index in [1.54, 1.807) is 6.92 Å². The van der Waals surface area contributed by atoms with E-state index in [1.807, 2.05) is 12.1 Å². The van der Waals surface area contributed by atoms with Crippen molar-refractivity contribution in [3.05, 3.63) is 27.7 Å². The van der Waals surface area contributed by atoms with Gasteiger partial charge in [0.15, 0.2) is 0 Å². The first-order chi connectivity index (χ1) is 6.18. The van der Waals surface area contributed by atoms with Crippen molar-refractivity contribution in [1.29, 1.82) is 0 Å². The van der Waals surface area contributed by atoms with E-state index in [0.717, 1.165) is 28.8 Å². The largest absolute Gasteiger partial charge is 0.492 e. The van der Waals surface area contributed by atoms with Crippen LogP contribution in [-0.4, -0.2) is 11.7 Å². The number of aliphatic hydroxyl groups excluding tert-OH is 1. The number of halogens is 1. The predicted octanol–water partition coefficient (Wildman–Crippen LogP) is 2.44. The van der Waals surface area contributed by atoms with Crippen LogP contribution in [0, 0.1) is 0 Å². The lowest BCUT2D eigenvalue weighted by molar-refractivity contribution is 0.199. The number of benzene rings is 1. The summed E-state index contributed by atoms with van der Waals surface area (Å²) < 4.78 is 6.38. The SMILES string of the molecule is CC(O)c1cc(Br)c2c(c1)CCO2. The van der Waals surface area contributed by atoms with Crippen LogP contribution in [0.2, 0.25) is 0 Å². The summed E-state index contributed by atoms with van der Waals surface area (Å²) in [6.07, 6.45) is 0.524. The molecule has 1 aliphatic rings. The Balaban J connectivity index is 2.49. The number of aliphatic hydroxyl groups is 1. The molecule has 13 heavy (non-hydrogen) atoms. The molecule has 0 spiro atoms. The summed E-state index contributed by atoms with van der Waals surface area (Å²) in [5.41, 5.74) is 2.13. The second kappa shape index (κ2) is 3.31. The molecule has 0 bridgehead atoms. The molecular weight excluding hydrogens is 232 g/mol. The summed E-state index contributed by atoms with van der Waals surface area (Å²) in [4.78, 5) is 0. The van der Waals surface area contributed by atoms with Crippen LogP contribution in [0.3, 0.4) is 0 Å². The third kappa shape index (κ3) is 1.58. The molecule has 1 unspecified atom stereocenters. The minimum atomic E-state index is -0.415. The molecule has 2 rings (SSSR count). The molecule has 0 saturated heterocycles. The Bertz CT molecular complexity index is 334. The lowest BCUT2D eigenvalue weighted by atomic mass is 10.1. The molecule has 1 aromatic carbocycles. The Hall–Kier alpha value is -0.540. The van der Waals surface area contributed by atoms with Crippen molar-refractivity contribution in [2.45, 2.75) is 19.4 Å². The molecule has 1 aliphatic heterocycles. The quantitative estimate of drug-likeness (QED) is 0.820. The molecule has 70 valence electrons. The van der Waals surface area contributed by atoms with E-state index in [4.69, 9.17) is 4.74 Å². The van der Waals surface area contributed by atoms with E-state index in [-0.39, 0.29) is 0 Å². The number of hydrogen-bond acceptors (Lipinski definition) is 2. The van der Waals surface area contributed by atoms with Gasteiger partial charge in [0, 0.05) is 6.42 Å². The molecule has 0 saturated carbocycles. The molecule has 2 nitrogen and oxygen atoms in total. The van der Waals surface area contributed by atoms with E-state index >= 15 is 0 Å². The van der Waals surface area contributed by atoms with Crippen LogP contribution in [0.1, 0.15) is 24.2 Å². The topological polar surface area (TPSA) is 29.5 Å². The summed E-state index contributed by atoms with van der Waals surface area (Å²) in [5.74, 6) is 0.935. The summed E-state index contributed by atoms with van der Waals surface area (Å²) in [6.45, 7) is 2.52. The zero-order chi connectivity index (χ0) is 9.42. The van der Waals surface area contributed by atoms with Crippen molar-refractivity contribution in [2.24, 2.45) is 0 Å². The molecule has 0 aromatic heterocycles. The van der Waals surface area contributed by atoms with Gasteiger partial charge in [-0.3, -0.25) is 0 Å². The number of hydrogen-bond donors (Lipinski definition) is 1. The molecular formula is C10H11BrO2. The molecule has 0 fully saturated rings. The van der Waals surface area contributed by atoms with Gasteiger partial charge in [0.2, 0.25) is 0 Å². The normalized spacial score (nSPS) is 16.5. The van der Waals surface area contributed by atoms with Crippen LogP contribution < -0.4 is 4.74 Å². The molecule has 0 amide bonds. The standard InChI is InChI=1S/C10H11BrO2/c1-6(12)8-4-7-2-3-13-10(7)9(11)5-8/h4-6,12H,2-3H2,1H3. The molecule has 3 heteroatoms. The van der Waals surface area contributed by atoms with Crippen molar-refractivity contribution in [1.82, 2.24) is 0 Å². The monoisotopic (exact) mass is 242 g/mol. The van der Waals surface area contributed by atoms with Crippen LogP contribution in [-0.2, 0) is 6.42 Å². The van der Waals surface area contributed by atoms with Gasteiger partial charge < -0.3 is 9.84 Å². The molecule has 0 aliphatic carbocycles. The second-order valence-corrected chi connectivity index (χ2v) is 4.12. The van der Waals surface area contributed by atoms with Gasteiger partial charge in [0.1, 0.15) is 5.75 Å². The van der Waals surface area contributed by atoms with Crippen molar-refractivity contribution in [2.75, 3.05) is 6.61 Å². The van der Waals surface area contributed by atoms with Gasteiger partial charge in [-0.05, 0) is 46.1 Å². The fourth-order valence-electron chi connectivity index (χ4n) is 1.53. The van der Waals surface area contributed by atoms with E-state index in [0.29, 0.717) is 0 Å². The van der Waals surface area contributed by atoms with Gasteiger partial charge in [-0.25, -0.2) is 0 Å². The highest BCUT2D eigenvalue weighted by atomic mass is 79.9. The van der Waals surface area contributed by atoms with Crippen molar-refractivity contribution >= 4 is 15.9 Å². The van der Waals surface area contributed by atoms with Crippen LogP contribution in [0.4, 0.5) is 0 Å². The minimum absolute atomic E-state index is 0.415. The smallest absolute Gasteiger partial charge is 0.136 e. The number of ether oxygens (including phenoxy) is 1. The Kier molecular flexibility index (Phi) is 2.30. The van der Waals surface area contributed by atoms with Gasteiger partial charge in [-0.2, -0.15) is 0 Å².